The van der Waals surface area contributed by atoms with Crippen molar-refractivity contribution < 1.29 is 9.18 Å². The molecule has 0 amide bonds. The smallest absolute Gasteiger partial charge is 0.150 e. The minimum atomic E-state index is -0.691. The zero-order valence-corrected chi connectivity index (χ0v) is 20.9. The lowest BCUT2D eigenvalue weighted by Gasteiger charge is -2.38. The minimum absolute atomic E-state index is 0.313. The molecule has 0 spiro atoms. The van der Waals surface area contributed by atoms with Crippen LogP contribution in [0.25, 0.3) is 22.2 Å². The number of halogens is 1. The molecule has 0 bridgehead atoms. The standard InChI is InChI=1S/C34H25FN2O/c1-24-29(30-18-17-25(22-38)21-31(30)35)19-20-32-33(24)36-23-37(32)34(26-11-5-2-6-12-26,27-13-7-3-8-14-27)28-15-9-4-10-16-28/h2-23H,1H3. The van der Waals surface area contributed by atoms with E-state index in [1.807, 2.05) is 43.6 Å². The molecule has 184 valence electrons. The molecule has 0 N–H and O–H groups in total. The van der Waals surface area contributed by atoms with E-state index in [0.717, 1.165) is 38.9 Å². The normalized spacial score (nSPS) is 11.5. The number of carbonyl (C=O) groups excluding carboxylic acids is 1. The van der Waals surface area contributed by atoms with Gasteiger partial charge >= 0.3 is 0 Å². The van der Waals surface area contributed by atoms with Crippen molar-refractivity contribution in [2.24, 2.45) is 0 Å². The molecule has 6 aromatic rings. The van der Waals surface area contributed by atoms with Crippen LogP contribution in [0.2, 0.25) is 0 Å². The van der Waals surface area contributed by atoms with Crippen molar-refractivity contribution in [3.63, 3.8) is 0 Å². The van der Waals surface area contributed by atoms with Crippen molar-refractivity contribution in [1.82, 2.24) is 9.55 Å². The maximum Gasteiger partial charge on any atom is 0.150 e. The number of hydrogen-bond acceptors (Lipinski definition) is 2. The Hall–Kier alpha value is -4.83. The Morgan fingerprint density at radius 1 is 0.711 bits per heavy atom. The van der Waals surface area contributed by atoms with Gasteiger partial charge in [-0.05, 0) is 46.9 Å². The molecule has 3 nitrogen and oxygen atoms in total. The average Bonchev–Trinajstić information content (AvgIpc) is 3.41. The summed E-state index contributed by atoms with van der Waals surface area (Å²) in [5, 5.41) is 0. The Balaban J connectivity index is 1.66. The van der Waals surface area contributed by atoms with E-state index in [4.69, 9.17) is 4.98 Å². The highest BCUT2D eigenvalue weighted by molar-refractivity contribution is 5.88. The summed E-state index contributed by atoms with van der Waals surface area (Å²) in [6.07, 6.45) is 2.54. The molecule has 38 heavy (non-hydrogen) atoms. The van der Waals surface area contributed by atoms with Crippen LogP contribution in [0.5, 0.6) is 0 Å². The highest BCUT2D eigenvalue weighted by Gasteiger charge is 2.39. The van der Waals surface area contributed by atoms with Crippen LogP contribution in [0.1, 0.15) is 32.6 Å². The zero-order valence-electron chi connectivity index (χ0n) is 20.9. The first-order valence-electron chi connectivity index (χ1n) is 12.5. The molecule has 6 rings (SSSR count). The largest absolute Gasteiger partial charge is 0.312 e. The van der Waals surface area contributed by atoms with Gasteiger partial charge in [-0.1, -0.05) is 109 Å². The van der Waals surface area contributed by atoms with Crippen LogP contribution in [-0.2, 0) is 5.54 Å². The summed E-state index contributed by atoms with van der Waals surface area (Å²) in [5.74, 6) is -0.427. The van der Waals surface area contributed by atoms with Gasteiger partial charge < -0.3 is 4.57 Å². The Kier molecular flexibility index (Phi) is 5.93. The maximum atomic E-state index is 15.0. The fourth-order valence-corrected chi connectivity index (χ4v) is 5.56. The summed E-state index contributed by atoms with van der Waals surface area (Å²) < 4.78 is 17.2. The zero-order chi connectivity index (χ0) is 26.1. The summed E-state index contributed by atoms with van der Waals surface area (Å²) >= 11 is 0. The first-order valence-corrected chi connectivity index (χ1v) is 12.5. The Bertz CT molecular complexity index is 1650. The first kappa shape index (κ1) is 23.6. The third-order valence-electron chi connectivity index (χ3n) is 7.33. The van der Waals surface area contributed by atoms with Gasteiger partial charge in [0.2, 0.25) is 0 Å². The second kappa shape index (κ2) is 9.56. The molecule has 0 atom stereocenters. The Morgan fingerprint density at radius 3 is 1.74 bits per heavy atom. The van der Waals surface area contributed by atoms with E-state index in [0.29, 0.717) is 17.4 Å². The molecular formula is C34H25FN2O. The first-order chi connectivity index (χ1) is 18.6. The number of benzene rings is 5. The summed E-state index contributed by atoms with van der Waals surface area (Å²) in [4.78, 5) is 16.0. The Labute approximate surface area is 220 Å². The molecule has 0 saturated heterocycles. The number of rotatable bonds is 6. The van der Waals surface area contributed by atoms with Gasteiger partial charge in [-0.3, -0.25) is 4.79 Å². The van der Waals surface area contributed by atoms with E-state index in [9.17, 15) is 9.18 Å². The van der Waals surface area contributed by atoms with Crippen LogP contribution in [-0.4, -0.2) is 15.8 Å². The number of nitrogens with zero attached hydrogens (tertiary/aromatic N) is 2. The number of carbonyl (C=O) groups is 1. The van der Waals surface area contributed by atoms with E-state index in [1.54, 1.807) is 12.1 Å². The Morgan fingerprint density at radius 2 is 1.24 bits per heavy atom. The second-order valence-corrected chi connectivity index (χ2v) is 9.39. The molecule has 0 aliphatic carbocycles. The van der Waals surface area contributed by atoms with Gasteiger partial charge in [0, 0.05) is 11.1 Å². The number of aryl methyl sites for hydroxylation is 1. The highest BCUT2D eigenvalue weighted by Crippen LogP contribution is 2.43. The van der Waals surface area contributed by atoms with E-state index in [2.05, 4.69) is 77.4 Å². The third-order valence-corrected chi connectivity index (χ3v) is 7.33. The quantitative estimate of drug-likeness (QED) is 0.174. The molecule has 0 fully saturated rings. The SMILES string of the molecule is Cc1c(-c2ccc(C=O)cc2F)ccc2c1ncn2C(c1ccccc1)(c1ccccc1)c1ccccc1. The monoisotopic (exact) mass is 496 g/mol. The van der Waals surface area contributed by atoms with Gasteiger partial charge in [0.1, 0.15) is 17.6 Å². The van der Waals surface area contributed by atoms with Gasteiger partial charge in [-0.15, -0.1) is 0 Å². The number of aromatic nitrogens is 2. The average molecular weight is 497 g/mol. The highest BCUT2D eigenvalue weighted by atomic mass is 19.1. The second-order valence-electron chi connectivity index (χ2n) is 9.39. The fraction of sp³-hybridized carbons (Fsp3) is 0.0588. The molecule has 0 saturated carbocycles. The molecule has 0 unspecified atom stereocenters. The molecule has 4 heteroatoms. The third kappa shape index (κ3) is 3.65. The minimum Gasteiger partial charge on any atom is -0.312 e. The van der Waals surface area contributed by atoms with Crippen LogP contribution < -0.4 is 0 Å². The molecule has 1 aromatic heterocycles. The number of imidazole rings is 1. The van der Waals surface area contributed by atoms with Gasteiger partial charge in [0.15, 0.2) is 0 Å². The lowest BCUT2D eigenvalue weighted by molar-refractivity contribution is 0.112. The van der Waals surface area contributed by atoms with Crippen molar-refractivity contribution in [1.29, 1.82) is 0 Å². The van der Waals surface area contributed by atoms with Crippen molar-refractivity contribution >= 4 is 17.3 Å². The van der Waals surface area contributed by atoms with Crippen LogP contribution in [0.3, 0.4) is 0 Å². The number of fused-ring (bicyclic) bond motifs is 1. The summed E-state index contributed by atoms with van der Waals surface area (Å²) in [5.41, 5.74) is 6.75. The summed E-state index contributed by atoms with van der Waals surface area (Å²) in [6.45, 7) is 1.97. The lowest BCUT2D eigenvalue weighted by Crippen LogP contribution is -2.37. The van der Waals surface area contributed by atoms with Crippen LogP contribution in [0.4, 0.5) is 4.39 Å². The van der Waals surface area contributed by atoms with E-state index < -0.39 is 11.4 Å². The molecular weight excluding hydrogens is 471 g/mol. The molecule has 0 radical (unpaired) electrons. The number of aldehydes is 1. The molecule has 5 aromatic carbocycles. The number of hydrogen-bond donors (Lipinski definition) is 0. The lowest BCUT2D eigenvalue weighted by atomic mass is 9.76. The van der Waals surface area contributed by atoms with E-state index in [-0.39, 0.29) is 0 Å². The van der Waals surface area contributed by atoms with Gasteiger partial charge in [0.05, 0.1) is 17.4 Å². The van der Waals surface area contributed by atoms with Crippen molar-refractivity contribution in [2.75, 3.05) is 0 Å². The maximum absolute atomic E-state index is 15.0. The van der Waals surface area contributed by atoms with E-state index >= 15 is 0 Å². The topological polar surface area (TPSA) is 34.9 Å². The van der Waals surface area contributed by atoms with Gasteiger partial charge in [-0.25, -0.2) is 9.37 Å². The summed E-state index contributed by atoms with van der Waals surface area (Å²) in [7, 11) is 0. The van der Waals surface area contributed by atoms with Crippen LogP contribution >= 0.6 is 0 Å². The van der Waals surface area contributed by atoms with Crippen molar-refractivity contribution in [3.05, 3.63) is 161 Å². The molecule has 0 aliphatic heterocycles. The molecule has 1 heterocycles. The molecule has 0 aliphatic rings. The van der Waals surface area contributed by atoms with Crippen LogP contribution in [0.15, 0.2) is 128 Å². The van der Waals surface area contributed by atoms with E-state index in [1.165, 1.54) is 6.07 Å². The van der Waals surface area contributed by atoms with Gasteiger partial charge in [0.25, 0.3) is 0 Å². The summed E-state index contributed by atoms with van der Waals surface area (Å²) in [6, 6.07) is 39.9. The van der Waals surface area contributed by atoms with Gasteiger partial charge in [-0.2, -0.15) is 0 Å². The van der Waals surface area contributed by atoms with Crippen molar-refractivity contribution in [3.8, 4) is 11.1 Å². The predicted molar refractivity (Wildman–Crippen MR) is 150 cm³/mol. The predicted octanol–water partition coefficient (Wildman–Crippen LogP) is 7.80. The fourth-order valence-electron chi connectivity index (χ4n) is 5.56. The van der Waals surface area contributed by atoms with Crippen molar-refractivity contribution in [2.45, 2.75) is 12.5 Å². The van der Waals surface area contributed by atoms with Crippen LogP contribution in [0, 0.1) is 12.7 Å².